The molecule has 1 aromatic heterocycles. The highest BCUT2D eigenvalue weighted by molar-refractivity contribution is 5.90. The summed E-state index contributed by atoms with van der Waals surface area (Å²) in [7, 11) is 1.65. The van der Waals surface area contributed by atoms with Crippen LogP contribution in [-0.4, -0.2) is 27.8 Å². The van der Waals surface area contributed by atoms with E-state index in [9.17, 15) is 4.79 Å². The maximum Gasteiger partial charge on any atom is 0.226 e. The fourth-order valence-electron chi connectivity index (χ4n) is 2.60. The standard InChI is InChI=1S/C19H20N4O2/c1-25-18-8-7-17(12-16(18)11-15-5-3-2-4-6-15)22-19(24)9-10-23-14-20-13-21-23/h2-8,12-14H,9-11H2,1H3,(H,22,24). The molecule has 0 aliphatic heterocycles. The summed E-state index contributed by atoms with van der Waals surface area (Å²) in [5.74, 6) is 0.746. The second-order valence-corrected chi connectivity index (χ2v) is 5.65. The monoisotopic (exact) mass is 336 g/mol. The minimum atomic E-state index is -0.0636. The average Bonchev–Trinajstić information content (AvgIpc) is 3.15. The van der Waals surface area contributed by atoms with E-state index >= 15 is 0 Å². The van der Waals surface area contributed by atoms with Crippen LogP contribution < -0.4 is 10.1 Å². The van der Waals surface area contributed by atoms with Crippen LogP contribution in [0.5, 0.6) is 5.75 Å². The second kappa shape index (κ2) is 8.10. The predicted octanol–water partition coefficient (Wildman–Crippen LogP) is 2.91. The lowest BCUT2D eigenvalue weighted by Crippen LogP contribution is -2.15. The smallest absolute Gasteiger partial charge is 0.226 e. The van der Waals surface area contributed by atoms with Gasteiger partial charge in [-0.25, -0.2) is 4.98 Å². The number of methoxy groups -OCH3 is 1. The quantitative estimate of drug-likeness (QED) is 0.720. The first-order chi connectivity index (χ1) is 12.2. The molecule has 0 saturated heterocycles. The molecular weight excluding hydrogens is 316 g/mol. The third-order valence-corrected chi connectivity index (χ3v) is 3.84. The molecule has 0 aliphatic carbocycles. The molecule has 0 fully saturated rings. The van der Waals surface area contributed by atoms with Crippen LogP contribution in [-0.2, 0) is 17.8 Å². The lowest BCUT2D eigenvalue weighted by Gasteiger charge is -2.12. The van der Waals surface area contributed by atoms with Crippen LogP contribution in [0, 0.1) is 0 Å². The first-order valence-corrected chi connectivity index (χ1v) is 8.07. The zero-order valence-electron chi connectivity index (χ0n) is 14.1. The zero-order valence-corrected chi connectivity index (χ0v) is 14.1. The van der Waals surface area contributed by atoms with E-state index < -0.39 is 0 Å². The predicted molar refractivity (Wildman–Crippen MR) is 95.5 cm³/mol. The number of nitrogens with zero attached hydrogens (tertiary/aromatic N) is 3. The molecule has 3 rings (SSSR count). The summed E-state index contributed by atoms with van der Waals surface area (Å²) in [6.07, 6.45) is 4.13. The molecule has 0 bridgehead atoms. The van der Waals surface area contributed by atoms with Crippen molar-refractivity contribution in [2.24, 2.45) is 0 Å². The molecule has 1 heterocycles. The summed E-state index contributed by atoms with van der Waals surface area (Å²) < 4.78 is 7.08. The van der Waals surface area contributed by atoms with Gasteiger partial charge in [0, 0.05) is 24.1 Å². The molecule has 1 N–H and O–H groups in total. The molecule has 0 unspecified atom stereocenters. The highest BCUT2D eigenvalue weighted by Crippen LogP contribution is 2.25. The Kier molecular flexibility index (Phi) is 5.41. The average molecular weight is 336 g/mol. The minimum Gasteiger partial charge on any atom is -0.496 e. The van der Waals surface area contributed by atoms with E-state index in [1.165, 1.54) is 11.9 Å². The number of amides is 1. The molecule has 0 radical (unpaired) electrons. The Morgan fingerprint density at radius 1 is 1.20 bits per heavy atom. The Morgan fingerprint density at radius 2 is 2.04 bits per heavy atom. The number of nitrogens with one attached hydrogen (secondary N) is 1. The zero-order chi connectivity index (χ0) is 17.5. The lowest BCUT2D eigenvalue weighted by molar-refractivity contribution is -0.116. The molecule has 1 amide bonds. The van der Waals surface area contributed by atoms with Crippen molar-refractivity contribution < 1.29 is 9.53 Å². The van der Waals surface area contributed by atoms with E-state index in [0.29, 0.717) is 13.0 Å². The van der Waals surface area contributed by atoms with Gasteiger partial charge in [0.15, 0.2) is 0 Å². The van der Waals surface area contributed by atoms with Gasteiger partial charge < -0.3 is 10.1 Å². The van der Waals surface area contributed by atoms with Crippen molar-refractivity contribution in [1.29, 1.82) is 0 Å². The molecular formula is C19H20N4O2. The van der Waals surface area contributed by atoms with E-state index in [-0.39, 0.29) is 5.91 Å². The largest absolute Gasteiger partial charge is 0.496 e. The number of hydrogen-bond acceptors (Lipinski definition) is 4. The molecule has 6 nitrogen and oxygen atoms in total. The fraction of sp³-hybridized carbons (Fsp3) is 0.211. The molecule has 3 aromatic rings. The van der Waals surface area contributed by atoms with Crippen LogP contribution in [0.3, 0.4) is 0 Å². The Morgan fingerprint density at radius 3 is 2.76 bits per heavy atom. The van der Waals surface area contributed by atoms with E-state index in [2.05, 4.69) is 27.5 Å². The normalized spacial score (nSPS) is 10.4. The summed E-state index contributed by atoms with van der Waals surface area (Å²) >= 11 is 0. The number of aryl methyl sites for hydroxylation is 1. The van der Waals surface area contributed by atoms with Crippen molar-refractivity contribution in [2.75, 3.05) is 12.4 Å². The third-order valence-electron chi connectivity index (χ3n) is 3.84. The van der Waals surface area contributed by atoms with Crippen LogP contribution in [0.2, 0.25) is 0 Å². The van der Waals surface area contributed by atoms with Crippen molar-refractivity contribution in [3.05, 3.63) is 72.3 Å². The summed E-state index contributed by atoms with van der Waals surface area (Å²) in [4.78, 5) is 16.0. The van der Waals surface area contributed by atoms with Crippen LogP contribution >= 0.6 is 0 Å². The SMILES string of the molecule is COc1ccc(NC(=O)CCn2cncn2)cc1Cc1ccccc1. The van der Waals surface area contributed by atoms with Gasteiger partial charge in [-0.1, -0.05) is 30.3 Å². The van der Waals surface area contributed by atoms with Crippen LogP contribution in [0.1, 0.15) is 17.5 Å². The van der Waals surface area contributed by atoms with Gasteiger partial charge in [-0.05, 0) is 23.8 Å². The molecule has 6 heteroatoms. The number of aromatic nitrogens is 3. The molecule has 25 heavy (non-hydrogen) atoms. The van der Waals surface area contributed by atoms with E-state index in [1.54, 1.807) is 18.1 Å². The maximum atomic E-state index is 12.1. The van der Waals surface area contributed by atoms with E-state index in [0.717, 1.165) is 23.4 Å². The number of carbonyl (C=O) groups excluding carboxylic acids is 1. The first kappa shape index (κ1) is 16.7. The summed E-state index contributed by atoms with van der Waals surface area (Å²) in [6, 6.07) is 15.8. The second-order valence-electron chi connectivity index (χ2n) is 5.65. The van der Waals surface area contributed by atoms with Gasteiger partial charge >= 0.3 is 0 Å². The van der Waals surface area contributed by atoms with Gasteiger partial charge in [0.25, 0.3) is 0 Å². The van der Waals surface area contributed by atoms with Crippen molar-refractivity contribution in [2.45, 2.75) is 19.4 Å². The van der Waals surface area contributed by atoms with E-state index in [4.69, 9.17) is 4.74 Å². The summed E-state index contributed by atoms with van der Waals surface area (Å²) in [6.45, 7) is 0.499. The van der Waals surface area contributed by atoms with Crippen LogP contribution in [0.15, 0.2) is 61.2 Å². The number of rotatable bonds is 7. The van der Waals surface area contributed by atoms with Gasteiger partial charge in [0.05, 0.1) is 13.7 Å². The molecule has 0 atom stereocenters. The Balaban J connectivity index is 1.67. The molecule has 0 saturated carbocycles. The van der Waals surface area contributed by atoms with Gasteiger partial charge in [-0.3, -0.25) is 9.48 Å². The van der Waals surface area contributed by atoms with Crippen molar-refractivity contribution in [3.63, 3.8) is 0 Å². The molecule has 0 spiro atoms. The van der Waals surface area contributed by atoms with Gasteiger partial charge in [0.1, 0.15) is 18.4 Å². The Bertz CT molecular complexity index is 817. The van der Waals surface area contributed by atoms with E-state index in [1.807, 2.05) is 36.4 Å². The molecule has 2 aromatic carbocycles. The summed E-state index contributed by atoms with van der Waals surface area (Å²) in [5.41, 5.74) is 2.98. The van der Waals surface area contributed by atoms with Crippen LogP contribution in [0.25, 0.3) is 0 Å². The molecule has 128 valence electrons. The minimum absolute atomic E-state index is 0.0636. The van der Waals surface area contributed by atoms with Crippen molar-refractivity contribution >= 4 is 11.6 Å². The lowest BCUT2D eigenvalue weighted by atomic mass is 10.0. The number of ether oxygens (including phenoxy) is 1. The van der Waals surface area contributed by atoms with Gasteiger partial charge in [-0.15, -0.1) is 0 Å². The Hall–Kier alpha value is -3.15. The number of benzene rings is 2. The van der Waals surface area contributed by atoms with Gasteiger partial charge in [0.2, 0.25) is 5.91 Å². The number of hydrogen-bond donors (Lipinski definition) is 1. The topological polar surface area (TPSA) is 69.0 Å². The highest BCUT2D eigenvalue weighted by Gasteiger charge is 2.08. The molecule has 0 aliphatic rings. The Labute approximate surface area is 146 Å². The number of anilines is 1. The summed E-state index contributed by atoms with van der Waals surface area (Å²) in [5, 5.41) is 6.91. The van der Waals surface area contributed by atoms with Crippen molar-refractivity contribution in [3.8, 4) is 5.75 Å². The van der Waals surface area contributed by atoms with Gasteiger partial charge in [-0.2, -0.15) is 5.10 Å². The van der Waals surface area contributed by atoms with Crippen LogP contribution in [0.4, 0.5) is 5.69 Å². The third kappa shape index (κ3) is 4.67. The maximum absolute atomic E-state index is 12.1. The van der Waals surface area contributed by atoms with Crippen molar-refractivity contribution in [1.82, 2.24) is 14.8 Å². The fourth-order valence-corrected chi connectivity index (χ4v) is 2.60. The number of carbonyl (C=O) groups is 1. The first-order valence-electron chi connectivity index (χ1n) is 8.07. The highest BCUT2D eigenvalue weighted by atomic mass is 16.5.